The molecule has 0 saturated heterocycles. The Morgan fingerprint density at radius 2 is 1.60 bits per heavy atom. The summed E-state index contributed by atoms with van der Waals surface area (Å²) in [6.45, 7) is 1.47. The van der Waals surface area contributed by atoms with Gasteiger partial charge in [0.15, 0.2) is 23.3 Å². The van der Waals surface area contributed by atoms with E-state index in [-0.39, 0.29) is 6.61 Å². The highest BCUT2D eigenvalue weighted by atomic mass is 19.2. The molecule has 0 aliphatic carbocycles. The van der Waals surface area contributed by atoms with Crippen molar-refractivity contribution in [3.63, 3.8) is 0 Å². The molecule has 0 atom stereocenters. The zero-order valence-corrected chi connectivity index (χ0v) is 10.0. The first kappa shape index (κ1) is 15.7. The fourth-order valence-electron chi connectivity index (χ4n) is 1.32. The molecule has 1 aromatic rings. The van der Waals surface area contributed by atoms with Crippen LogP contribution >= 0.6 is 0 Å². The quantitative estimate of drug-likeness (QED) is 0.401. The van der Waals surface area contributed by atoms with E-state index in [9.17, 15) is 27.2 Å². The van der Waals surface area contributed by atoms with Crippen molar-refractivity contribution in [3.8, 4) is 0 Å². The number of hydrogen-bond donors (Lipinski definition) is 1. The Morgan fingerprint density at radius 3 is 2.00 bits per heavy atom. The van der Waals surface area contributed by atoms with Crippen LogP contribution in [-0.4, -0.2) is 23.7 Å². The van der Waals surface area contributed by atoms with Crippen molar-refractivity contribution in [3.05, 3.63) is 40.5 Å². The normalized spacial score (nSPS) is 10.8. The van der Waals surface area contributed by atoms with Gasteiger partial charge in [-0.25, -0.2) is 27.2 Å². The first-order valence-corrected chi connectivity index (χ1v) is 5.25. The van der Waals surface area contributed by atoms with Gasteiger partial charge < -0.3 is 9.84 Å². The van der Waals surface area contributed by atoms with Crippen molar-refractivity contribution >= 4 is 18.0 Å². The van der Waals surface area contributed by atoms with Gasteiger partial charge in [0.2, 0.25) is 0 Å². The lowest BCUT2D eigenvalue weighted by Crippen LogP contribution is -2.11. The Morgan fingerprint density at radius 1 is 1.10 bits per heavy atom. The molecule has 20 heavy (non-hydrogen) atoms. The minimum absolute atomic E-state index is 0.00515. The minimum Gasteiger partial charge on any atom is -0.477 e. The molecule has 0 aliphatic heterocycles. The highest BCUT2D eigenvalue weighted by Gasteiger charge is 2.28. The summed E-state index contributed by atoms with van der Waals surface area (Å²) in [4.78, 5) is 21.5. The highest BCUT2D eigenvalue weighted by Crippen LogP contribution is 2.25. The van der Waals surface area contributed by atoms with Gasteiger partial charge in [-0.3, -0.25) is 0 Å². The Hall–Kier alpha value is -2.38. The minimum atomic E-state index is -2.15. The molecule has 8 heteroatoms. The van der Waals surface area contributed by atoms with Crippen LogP contribution in [0.3, 0.4) is 0 Å². The predicted octanol–water partition coefficient (Wildman–Crippen LogP) is 2.52. The third-order valence-electron chi connectivity index (χ3n) is 2.18. The van der Waals surface area contributed by atoms with Crippen molar-refractivity contribution < 1.29 is 37.0 Å². The first-order chi connectivity index (χ1) is 9.31. The molecule has 1 N–H and O–H groups in total. The zero-order chi connectivity index (χ0) is 15.4. The summed E-state index contributed by atoms with van der Waals surface area (Å²) in [6, 6.07) is 0. The number of benzene rings is 1. The number of esters is 1. The summed E-state index contributed by atoms with van der Waals surface area (Å²) in [7, 11) is 0. The summed E-state index contributed by atoms with van der Waals surface area (Å²) in [6.07, 6.45) is 1.02. The van der Waals surface area contributed by atoms with Gasteiger partial charge in [-0.05, 0) is 13.0 Å². The van der Waals surface area contributed by atoms with Crippen molar-refractivity contribution in [2.75, 3.05) is 6.61 Å². The van der Waals surface area contributed by atoms with E-state index in [1.165, 1.54) is 6.92 Å². The number of rotatable bonds is 4. The lowest BCUT2D eigenvalue weighted by molar-refractivity contribution is -0.137. The Balaban J connectivity index is 3.37. The van der Waals surface area contributed by atoms with E-state index in [0.29, 0.717) is 12.2 Å². The number of ether oxygens (including phenoxy) is 1. The van der Waals surface area contributed by atoms with Crippen LogP contribution in [0, 0.1) is 23.3 Å². The second kappa shape index (κ2) is 6.18. The molecule has 108 valence electrons. The molecule has 0 aromatic heterocycles. The molecule has 0 radical (unpaired) electrons. The number of carboxylic acid groups (broad SMARTS) is 1. The van der Waals surface area contributed by atoms with E-state index < -0.39 is 46.3 Å². The molecule has 0 fully saturated rings. The number of aromatic carboxylic acids is 1. The molecule has 0 amide bonds. The summed E-state index contributed by atoms with van der Waals surface area (Å²) >= 11 is 0. The highest BCUT2D eigenvalue weighted by molar-refractivity contribution is 5.90. The van der Waals surface area contributed by atoms with Crippen molar-refractivity contribution in [1.82, 2.24) is 0 Å². The zero-order valence-electron chi connectivity index (χ0n) is 10.0. The van der Waals surface area contributed by atoms with E-state index in [1.54, 1.807) is 0 Å². The molecule has 0 aliphatic rings. The van der Waals surface area contributed by atoms with Crippen LogP contribution < -0.4 is 0 Å². The van der Waals surface area contributed by atoms with Crippen molar-refractivity contribution in [2.45, 2.75) is 6.92 Å². The van der Waals surface area contributed by atoms with E-state index >= 15 is 0 Å². The van der Waals surface area contributed by atoms with Gasteiger partial charge in [0.05, 0.1) is 12.2 Å². The third-order valence-corrected chi connectivity index (χ3v) is 2.18. The van der Waals surface area contributed by atoms with E-state index in [4.69, 9.17) is 5.11 Å². The molecular weight excluding hydrogens is 284 g/mol. The van der Waals surface area contributed by atoms with Crippen LogP contribution in [0.5, 0.6) is 0 Å². The van der Waals surface area contributed by atoms with Crippen LogP contribution in [0.1, 0.15) is 22.8 Å². The lowest BCUT2D eigenvalue weighted by Gasteiger charge is -2.06. The maximum absolute atomic E-state index is 13.5. The molecule has 0 saturated carbocycles. The van der Waals surface area contributed by atoms with Gasteiger partial charge in [0.1, 0.15) is 5.56 Å². The van der Waals surface area contributed by atoms with Gasteiger partial charge in [-0.15, -0.1) is 0 Å². The molecular formula is C12H8F4O4. The average Bonchev–Trinajstić information content (AvgIpc) is 2.36. The van der Waals surface area contributed by atoms with Crippen LogP contribution in [0.4, 0.5) is 17.6 Å². The number of halogens is 4. The molecule has 4 nitrogen and oxygen atoms in total. The molecule has 0 heterocycles. The second-order valence-electron chi connectivity index (χ2n) is 3.44. The number of carboxylic acids is 1. The van der Waals surface area contributed by atoms with Crippen molar-refractivity contribution in [1.29, 1.82) is 0 Å². The standard InChI is InChI=1S/C12H8F4O4/c1-2-20-6(17)4-3-5-8(13)10(15)7(12(18)19)11(16)9(5)14/h3-4H,2H2,1H3,(H,18,19). The summed E-state index contributed by atoms with van der Waals surface area (Å²) in [5.41, 5.74) is -2.95. The molecule has 0 spiro atoms. The fraction of sp³-hybridized carbons (Fsp3) is 0.167. The van der Waals surface area contributed by atoms with E-state index in [2.05, 4.69) is 4.74 Å². The number of hydrogen-bond acceptors (Lipinski definition) is 3. The Bertz CT molecular complexity index is 567. The van der Waals surface area contributed by atoms with Gasteiger partial charge >= 0.3 is 11.9 Å². The maximum atomic E-state index is 13.5. The maximum Gasteiger partial charge on any atom is 0.341 e. The molecule has 1 aromatic carbocycles. The molecule has 0 bridgehead atoms. The topological polar surface area (TPSA) is 63.6 Å². The van der Waals surface area contributed by atoms with Gasteiger partial charge in [-0.1, -0.05) is 0 Å². The summed E-state index contributed by atoms with van der Waals surface area (Å²) in [5, 5.41) is 8.47. The predicted molar refractivity (Wildman–Crippen MR) is 58.9 cm³/mol. The van der Waals surface area contributed by atoms with Gasteiger partial charge in [0.25, 0.3) is 0 Å². The summed E-state index contributed by atoms with van der Waals surface area (Å²) in [5.74, 6) is -11.1. The van der Waals surface area contributed by atoms with Gasteiger partial charge in [0, 0.05) is 6.08 Å². The monoisotopic (exact) mass is 292 g/mol. The third kappa shape index (κ3) is 2.95. The van der Waals surface area contributed by atoms with E-state index in [1.807, 2.05) is 0 Å². The van der Waals surface area contributed by atoms with E-state index in [0.717, 1.165) is 0 Å². The van der Waals surface area contributed by atoms with Crippen LogP contribution in [0.2, 0.25) is 0 Å². The summed E-state index contributed by atoms with van der Waals surface area (Å²) < 4.78 is 57.9. The SMILES string of the molecule is CCOC(=O)C=Cc1c(F)c(F)c(C(=O)O)c(F)c1F. The molecule has 1 rings (SSSR count). The molecule has 0 unspecified atom stereocenters. The van der Waals surface area contributed by atoms with Crippen LogP contribution in [0.25, 0.3) is 6.08 Å². The van der Waals surface area contributed by atoms with Gasteiger partial charge in [-0.2, -0.15) is 0 Å². The smallest absolute Gasteiger partial charge is 0.341 e. The van der Waals surface area contributed by atoms with Crippen LogP contribution in [-0.2, 0) is 9.53 Å². The average molecular weight is 292 g/mol. The fourth-order valence-corrected chi connectivity index (χ4v) is 1.32. The van der Waals surface area contributed by atoms with Crippen LogP contribution in [0.15, 0.2) is 6.08 Å². The Labute approximate surface area is 110 Å². The van der Waals surface area contributed by atoms with Crippen molar-refractivity contribution in [2.24, 2.45) is 0 Å². The Kier molecular flexibility index (Phi) is 4.84. The number of carbonyl (C=O) groups excluding carboxylic acids is 1. The lowest BCUT2D eigenvalue weighted by atomic mass is 10.1. The first-order valence-electron chi connectivity index (χ1n) is 5.25. The second-order valence-corrected chi connectivity index (χ2v) is 3.44. The number of carbonyl (C=O) groups is 2. The largest absolute Gasteiger partial charge is 0.477 e.